The highest BCUT2D eigenvalue weighted by Crippen LogP contribution is 2.28. The molecular formula is C20H25ClN2O5. The maximum Gasteiger partial charge on any atom is 0.290 e. The molecule has 28 heavy (non-hydrogen) atoms. The van der Waals surface area contributed by atoms with Crippen molar-refractivity contribution in [3.63, 3.8) is 0 Å². The Balaban J connectivity index is 0.000000878. The average molecular weight is 409 g/mol. The first-order valence-electron chi connectivity index (χ1n) is 9.11. The van der Waals surface area contributed by atoms with Crippen molar-refractivity contribution in [2.45, 2.75) is 38.9 Å². The summed E-state index contributed by atoms with van der Waals surface area (Å²) in [7, 11) is 0. The highest BCUT2D eigenvalue weighted by molar-refractivity contribution is 6.29. The van der Waals surface area contributed by atoms with E-state index >= 15 is 0 Å². The molecule has 0 aliphatic carbocycles. The van der Waals surface area contributed by atoms with Crippen molar-refractivity contribution in [3.05, 3.63) is 52.9 Å². The molecule has 1 N–H and O–H groups in total. The average Bonchev–Trinajstić information content (AvgIpc) is 3.12. The van der Waals surface area contributed by atoms with Gasteiger partial charge in [0.05, 0.1) is 12.6 Å². The third kappa shape index (κ3) is 6.35. The number of hydrogen-bond donors (Lipinski definition) is 1. The molecule has 1 amide bonds. The van der Waals surface area contributed by atoms with E-state index in [0.717, 1.165) is 5.56 Å². The van der Waals surface area contributed by atoms with Gasteiger partial charge in [0.1, 0.15) is 11.9 Å². The standard InChI is InChI=1S/C19H23ClN2O3.CH2O2/c1-13(2)16-11-22(12-17(24-16)14-6-4-3-5-7-14)19(23)9-8-15-10-18(20)21-25-15;2-1-3/h3-7,10,13,16-17H,8-9,11-12H2,1-2H3;1H,(H,2,3)/t16-,17+;/m1./s1. The molecule has 1 aromatic carbocycles. The Kier molecular flexibility index (Phi) is 8.47. The SMILES string of the molecule is CC(C)[C@H]1CN(C(=O)CCc2cc(Cl)no2)C[C@@H](c2ccccc2)O1.O=CO. The first-order valence-corrected chi connectivity index (χ1v) is 9.49. The van der Waals surface area contributed by atoms with Crippen molar-refractivity contribution in [2.75, 3.05) is 13.1 Å². The lowest BCUT2D eigenvalue weighted by molar-refractivity contribution is -0.150. The first kappa shape index (κ1) is 21.9. The molecule has 0 bridgehead atoms. The summed E-state index contributed by atoms with van der Waals surface area (Å²) >= 11 is 5.75. The van der Waals surface area contributed by atoms with Gasteiger partial charge in [-0.15, -0.1) is 0 Å². The van der Waals surface area contributed by atoms with Crippen molar-refractivity contribution in [1.29, 1.82) is 0 Å². The molecule has 1 fully saturated rings. The summed E-state index contributed by atoms with van der Waals surface area (Å²) in [5, 5.41) is 10.8. The minimum absolute atomic E-state index is 0.0302. The number of carbonyl (C=O) groups is 2. The minimum Gasteiger partial charge on any atom is -0.483 e. The Bertz CT molecular complexity index is 750. The van der Waals surface area contributed by atoms with E-state index in [-0.39, 0.29) is 24.6 Å². The van der Waals surface area contributed by atoms with Crippen molar-refractivity contribution >= 4 is 24.0 Å². The largest absolute Gasteiger partial charge is 0.483 e. The van der Waals surface area contributed by atoms with Crippen LogP contribution in [-0.2, 0) is 20.7 Å². The van der Waals surface area contributed by atoms with Crippen LogP contribution in [0.4, 0.5) is 0 Å². The Morgan fingerprint density at radius 3 is 2.61 bits per heavy atom. The van der Waals surface area contributed by atoms with Gasteiger partial charge in [-0.05, 0) is 11.5 Å². The van der Waals surface area contributed by atoms with E-state index in [1.54, 1.807) is 6.07 Å². The number of rotatable bonds is 5. The number of hydrogen-bond acceptors (Lipinski definition) is 5. The van der Waals surface area contributed by atoms with Gasteiger partial charge in [-0.1, -0.05) is 60.9 Å². The molecule has 0 spiro atoms. The molecule has 0 saturated carbocycles. The number of nitrogens with zero attached hydrogens (tertiary/aromatic N) is 2. The normalized spacial score (nSPS) is 19.1. The Morgan fingerprint density at radius 2 is 2.04 bits per heavy atom. The van der Waals surface area contributed by atoms with Crippen LogP contribution in [0.3, 0.4) is 0 Å². The molecule has 2 atom stereocenters. The third-order valence-electron chi connectivity index (χ3n) is 4.51. The highest BCUT2D eigenvalue weighted by Gasteiger charge is 2.32. The molecular weight excluding hydrogens is 384 g/mol. The van der Waals surface area contributed by atoms with E-state index in [0.29, 0.717) is 42.8 Å². The van der Waals surface area contributed by atoms with E-state index in [1.165, 1.54) is 0 Å². The molecule has 0 unspecified atom stereocenters. The number of carbonyl (C=O) groups excluding carboxylic acids is 1. The van der Waals surface area contributed by atoms with E-state index in [2.05, 4.69) is 19.0 Å². The second-order valence-electron chi connectivity index (χ2n) is 6.84. The minimum atomic E-state index is -0.250. The number of carboxylic acid groups (broad SMARTS) is 1. The van der Waals surface area contributed by atoms with Crippen LogP contribution in [0.1, 0.15) is 37.7 Å². The van der Waals surface area contributed by atoms with Crippen molar-refractivity contribution in [1.82, 2.24) is 10.1 Å². The second-order valence-corrected chi connectivity index (χ2v) is 7.23. The summed E-state index contributed by atoms with van der Waals surface area (Å²) in [6.45, 7) is 5.19. The molecule has 8 heteroatoms. The topological polar surface area (TPSA) is 92.9 Å². The smallest absolute Gasteiger partial charge is 0.290 e. The number of halogens is 1. The van der Waals surface area contributed by atoms with Crippen LogP contribution < -0.4 is 0 Å². The maximum absolute atomic E-state index is 12.7. The van der Waals surface area contributed by atoms with E-state index in [9.17, 15) is 4.79 Å². The zero-order valence-corrected chi connectivity index (χ0v) is 16.7. The lowest BCUT2D eigenvalue weighted by Crippen LogP contribution is -2.48. The summed E-state index contributed by atoms with van der Waals surface area (Å²) in [4.78, 5) is 23.0. The van der Waals surface area contributed by atoms with Gasteiger partial charge in [0, 0.05) is 25.5 Å². The number of ether oxygens (including phenoxy) is 1. The van der Waals surface area contributed by atoms with Gasteiger partial charge in [0.25, 0.3) is 6.47 Å². The Hall–Kier alpha value is -2.38. The predicted octanol–water partition coefficient (Wildman–Crippen LogP) is 3.59. The van der Waals surface area contributed by atoms with Crippen LogP contribution in [0.5, 0.6) is 0 Å². The fourth-order valence-electron chi connectivity index (χ4n) is 3.01. The van der Waals surface area contributed by atoms with Gasteiger partial charge < -0.3 is 19.3 Å². The van der Waals surface area contributed by atoms with Gasteiger partial charge in [-0.2, -0.15) is 0 Å². The predicted molar refractivity (Wildman–Crippen MR) is 104 cm³/mol. The van der Waals surface area contributed by atoms with Gasteiger partial charge in [-0.3, -0.25) is 9.59 Å². The quantitative estimate of drug-likeness (QED) is 0.760. The van der Waals surface area contributed by atoms with Crippen LogP contribution in [0.15, 0.2) is 40.9 Å². The van der Waals surface area contributed by atoms with Crippen molar-refractivity contribution < 1.29 is 24.0 Å². The molecule has 1 aromatic heterocycles. The number of morpholine rings is 1. The van der Waals surface area contributed by atoms with Gasteiger partial charge in [-0.25, -0.2) is 0 Å². The third-order valence-corrected chi connectivity index (χ3v) is 4.69. The van der Waals surface area contributed by atoms with Crippen molar-refractivity contribution in [3.8, 4) is 0 Å². The molecule has 0 radical (unpaired) electrons. The molecule has 7 nitrogen and oxygen atoms in total. The summed E-state index contributed by atoms with van der Waals surface area (Å²) in [6, 6.07) is 11.7. The molecule has 1 aliphatic heterocycles. The Morgan fingerprint density at radius 1 is 1.36 bits per heavy atom. The number of aromatic nitrogens is 1. The molecule has 2 aromatic rings. The summed E-state index contributed by atoms with van der Waals surface area (Å²) in [5.41, 5.74) is 1.10. The van der Waals surface area contributed by atoms with Gasteiger partial charge in [0.15, 0.2) is 5.15 Å². The zero-order chi connectivity index (χ0) is 20.5. The van der Waals surface area contributed by atoms with Crippen LogP contribution in [0.25, 0.3) is 0 Å². The number of aryl methyl sites for hydroxylation is 1. The Labute approximate surface area is 169 Å². The molecule has 152 valence electrons. The number of benzene rings is 1. The zero-order valence-electron chi connectivity index (χ0n) is 16.0. The lowest BCUT2D eigenvalue weighted by Gasteiger charge is -2.40. The van der Waals surface area contributed by atoms with E-state index in [4.69, 9.17) is 30.8 Å². The second kappa shape index (κ2) is 10.8. The number of amides is 1. The fourth-order valence-corrected chi connectivity index (χ4v) is 3.16. The maximum atomic E-state index is 12.7. The van der Waals surface area contributed by atoms with Crippen LogP contribution >= 0.6 is 11.6 Å². The monoisotopic (exact) mass is 408 g/mol. The molecule has 2 heterocycles. The van der Waals surface area contributed by atoms with Crippen molar-refractivity contribution in [2.24, 2.45) is 5.92 Å². The molecule has 1 saturated heterocycles. The lowest BCUT2D eigenvalue weighted by atomic mass is 10.0. The van der Waals surface area contributed by atoms with Crippen LogP contribution in [0.2, 0.25) is 5.15 Å². The molecule has 1 aliphatic rings. The summed E-state index contributed by atoms with van der Waals surface area (Å²) in [5.74, 6) is 1.07. The van der Waals surface area contributed by atoms with E-state index < -0.39 is 0 Å². The first-order chi connectivity index (χ1) is 13.4. The highest BCUT2D eigenvalue weighted by atomic mass is 35.5. The molecule has 3 rings (SSSR count). The van der Waals surface area contributed by atoms with Crippen LogP contribution in [-0.4, -0.2) is 46.7 Å². The van der Waals surface area contributed by atoms with Gasteiger partial charge in [0.2, 0.25) is 5.91 Å². The van der Waals surface area contributed by atoms with E-state index in [1.807, 2.05) is 35.2 Å². The summed E-state index contributed by atoms with van der Waals surface area (Å²) < 4.78 is 11.3. The fraction of sp³-hybridized carbons (Fsp3) is 0.450. The van der Waals surface area contributed by atoms with Gasteiger partial charge >= 0.3 is 0 Å². The van der Waals surface area contributed by atoms with Crippen LogP contribution in [0, 0.1) is 5.92 Å². The summed E-state index contributed by atoms with van der Waals surface area (Å²) in [6.07, 6.45) is 0.810.